The molecule has 1 aromatic carbocycles. The van der Waals surface area contributed by atoms with Crippen LogP contribution in [0.15, 0.2) is 24.3 Å². The summed E-state index contributed by atoms with van der Waals surface area (Å²) < 4.78 is 4.65. The van der Waals surface area contributed by atoms with E-state index >= 15 is 0 Å². The number of benzene rings is 1. The number of imide groups is 1. The number of nitrogens with one attached hydrogen (secondary N) is 3. The lowest BCUT2D eigenvalue weighted by molar-refractivity contribution is -0.118. The minimum Gasteiger partial charge on any atom is -0.465 e. The average molecular weight is 293 g/mol. The Labute approximate surface area is 123 Å². The van der Waals surface area contributed by atoms with Crippen molar-refractivity contribution >= 4 is 23.6 Å². The summed E-state index contributed by atoms with van der Waals surface area (Å²) in [5.74, 6) is -1.01. The van der Waals surface area contributed by atoms with Gasteiger partial charge in [-0.1, -0.05) is 12.1 Å². The predicted molar refractivity (Wildman–Crippen MR) is 78.1 cm³/mol. The lowest BCUT2D eigenvalue weighted by Crippen LogP contribution is -2.44. The van der Waals surface area contributed by atoms with Gasteiger partial charge in [0.2, 0.25) is 5.91 Å². The van der Waals surface area contributed by atoms with Crippen LogP contribution in [0.5, 0.6) is 0 Å². The Bertz CT molecular complexity index is 529. The highest BCUT2D eigenvalue weighted by atomic mass is 16.5. The Kier molecular flexibility index (Phi) is 6.19. The quantitative estimate of drug-likeness (QED) is 0.707. The Morgan fingerprint density at radius 2 is 1.86 bits per heavy atom. The summed E-state index contributed by atoms with van der Waals surface area (Å²) in [6, 6.07) is 6.01. The van der Waals surface area contributed by atoms with Crippen LogP contribution in [-0.2, 0) is 9.53 Å². The van der Waals surface area contributed by atoms with Gasteiger partial charge >= 0.3 is 12.0 Å². The van der Waals surface area contributed by atoms with Gasteiger partial charge < -0.3 is 15.4 Å². The van der Waals surface area contributed by atoms with Gasteiger partial charge in [-0.3, -0.25) is 10.1 Å². The Hall–Kier alpha value is -2.57. The van der Waals surface area contributed by atoms with E-state index in [-0.39, 0.29) is 12.6 Å². The predicted octanol–water partition coefficient (Wildman–Crippen LogP) is 1.12. The lowest BCUT2D eigenvalue weighted by atomic mass is 10.2. The number of ether oxygens (including phenoxy) is 1. The summed E-state index contributed by atoms with van der Waals surface area (Å²) >= 11 is 0. The standard InChI is InChI=1S/C14H19N3O4/c1-9(2)16-14(20)17-12(18)8-15-11-7-5-4-6-10(11)13(19)21-3/h4-7,9,15H,8H2,1-3H3,(H2,16,17,18,20). The van der Waals surface area contributed by atoms with Crippen molar-refractivity contribution in [3.05, 3.63) is 29.8 Å². The average Bonchev–Trinajstić information content (AvgIpc) is 2.43. The van der Waals surface area contributed by atoms with Gasteiger partial charge in [-0.05, 0) is 26.0 Å². The lowest BCUT2D eigenvalue weighted by Gasteiger charge is -2.12. The number of carbonyl (C=O) groups excluding carboxylic acids is 3. The highest BCUT2D eigenvalue weighted by Crippen LogP contribution is 2.15. The molecule has 0 radical (unpaired) electrons. The van der Waals surface area contributed by atoms with Gasteiger partial charge in [0, 0.05) is 11.7 Å². The van der Waals surface area contributed by atoms with E-state index in [9.17, 15) is 14.4 Å². The minimum atomic E-state index is -0.557. The SMILES string of the molecule is COC(=O)c1ccccc1NCC(=O)NC(=O)NC(C)C. The van der Waals surface area contributed by atoms with Crippen molar-refractivity contribution in [3.8, 4) is 0 Å². The van der Waals surface area contributed by atoms with Crippen LogP contribution in [0.3, 0.4) is 0 Å². The van der Waals surface area contributed by atoms with Crippen LogP contribution in [-0.4, -0.2) is 37.6 Å². The zero-order valence-electron chi connectivity index (χ0n) is 12.2. The Morgan fingerprint density at radius 3 is 2.48 bits per heavy atom. The van der Waals surface area contributed by atoms with E-state index in [0.717, 1.165) is 0 Å². The van der Waals surface area contributed by atoms with E-state index in [1.54, 1.807) is 38.1 Å². The second-order valence-electron chi connectivity index (χ2n) is 4.57. The molecule has 1 aromatic rings. The number of hydrogen-bond acceptors (Lipinski definition) is 5. The second-order valence-corrected chi connectivity index (χ2v) is 4.57. The van der Waals surface area contributed by atoms with Crippen LogP contribution in [0.1, 0.15) is 24.2 Å². The fourth-order valence-electron chi connectivity index (χ4n) is 1.57. The molecule has 0 aliphatic rings. The minimum absolute atomic E-state index is 0.0641. The molecular formula is C14H19N3O4. The first-order chi connectivity index (χ1) is 9.93. The topological polar surface area (TPSA) is 96.5 Å². The second kappa shape index (κ2) is 7.88. The maximum Gasteiger partial charge on any atom is 0.339 e. The van der Waals surface area contributed by atoms with Crippen LogP contribution in [0, 0.1) is 0 Å². The van der Waals surface area contributed by atoms with Crippen molar-refractivity contribution in [1.82, 2.24) is 10.6 Å². The third-order valence-corrected chi connectivity index (χ3v) is 2.44. The van der Waals surface area contributed by atoms with Crippen LogP contribution in [0.25, 0.3) is 0 Å². The van der Waals surface area contributed by atoms with Gasteiger partial charge in [0.1, 0.15) is 0 Å². The summed E-state index contributed by atoms with van der Waals surface area (Å²) in [7, 11) is 1.28. The summed E-state index contributed by atoms with van der Waals surface area (Å²) in [6.45, 7) is 3.43. The maximum atomic E-state index is 11.6. The smallest absolute Gasteiger partial charge is 0.339 e. The molecule has 0 unspecified atom stereocenters. The number of esters is 1. The van der Waals surface area contributed by atoms with Gasteiger partial charge in [-0.25, -0.2) is 9.59 Å². The van der Waals surface area contributed by atoms with Crippen LogP contribution in [0.2, 0.25) is 0 Å². The summed E-state index contributed by atoms with van der Waals surface area (Å²) in [5.41, 5.74) is 0.781. The summed E-state index contributed by atoms with van der Waals surface area (Å²) in [5, 5.41) is 7.51. The fraction of sp³-hybridized carbons (Fsp3) is 0.357. The molecule has 0 bridgehead atoms. The van der Waals surface area contributed by atoms with Crippen LogP contribution >= 0.6 is 0 Å². The van der Waals surface area contributed by atoms with E-state index in [2.05, 4.69) is 20.7 Å². The van der Waals surface area contributed by atoms with E-state index in [1.807, 2.05) is 0 Å². The third kappa shape index (κ3) is 5.52. The molecule has 3 N–H and O–H groups in total. The molecule has 0 aliphatic carbocycles. The first kappa shape index (κ1) is 16.5. The highest BCUT2D eigenvalue weighted by molar-refractivity contribution is 5.98. The number of amides is 3. The number of anilines is 1. The Balaban J connectivity index is 2.57. The molecule has 7 heteroatoms. The van der Waals surface area contributed by atoms with Crippen molar-refractivity contribution < 1.29 is 19.1 Å². The third-order valence-electron chi connectivity index (χ3n) is 2.44. The van der Waals surface area contributed by atoms with Gasteiger partial charge in [-0.15, -0.1) is 0 Å². The zero-order chi connectivity index (χ0) is 15.8. The van der Waals surface area contributed by atoms with Crippen LogP contribution in [0.4, 0.5) is 10.5 Å². The molecule has 0 saturated heterocycles. The van der Waals surface area contributed by atoms with Crippen molar-refractivity contribution in [3.63, 3.8) is 0 Å². The van der Waals surface area contributed by atoms with Crippen molar-refractivity contribution in [2.75, 3.05) is 19.0 Å². The molecule has 0 heterocycles. The Morgan fingerprint density at radius 1 is 1.19 bits per heavy atom. The molecule has 0 fully saturated rings. The maximum absolute atomic E-state index is 11.6. The molecule has 0 atom stereocenters. The molecule has 0 aromatic heterocycles. The fourth-order valence-corrected chi connectivity index (χ4v) is 1.57. The number of urea groups is 1. The molecule has 21 heavy (non-hydrogen) atoms. The zero-order valence-corrected chi connectivity index (χ0v) is 12.2. The highest BCUT2D eigenvalue weighted by Gasteiger charge is 2.13. The van der Waals surface area contributed by atoms with Gasteiger partial charge in [0.25, 0.3) is 0 Å². The number of para-hydroxylation sites is 1. The van der Waals surface area contributed by atoms with Gasteiger partial charge in [0.15, 0.2) is 0 Å². The van der Waals surface area contributed by atoms with Crippen LogP contribution < -0.4 is 16.0 Å². The monoisotopic (exact) mass is 293 g/mol. The first-order valence-corrected chi connectivity index (χ1v) is 6.45. The number of methoxy groups -OCH3 is 1. The normalized spacial score (nSPS) is 9.90. The molecule has 0 spiro atoms. The molecule has 0 saturated carbocycles. The number of hydrogen-bond donors (Lipinski definition) is 3. The summed E-state index contributed by atoms with van der Waals surface area (Å²) in [6.07, 6.45) is 0. The summed E-state index contributed by atoms with van der Waals surface area (Å²) in [4.78, 5) is 34.5. The van der Waals surface area contributed by atoms with Gasteiger partial charge in [-0.2, -0.15) is 0 Å². The van der Waals surface area contributed by atoms with E-state index in [4.69, 9.17) is 0 Å². The molecule has 114 valence electrons. The largest absolute Gasteiger partial charge is 0.465 e. The van der Waals surface area contributed by atoms with E-state index in [1.165, 1.54) is 7.11 Å². The molecule has 7 nitrogen and oxygen atoms in total. The molecule has 1 rings (SSSR count). The van der Waals surface area contributed by atoms with Crippen molar-refractivity contribution in [2.45, 2.75) is 19.9 Å². The first-order valence-electron chi connectivity index (χ1n) is 6.45. The molecule has 0 aliphatic heterocycles. The van der Waals surface area contributed by atoms with Crippen molar-refractivity contribution in [1.29, 1.82) is 0 Å². The molecule has 3 amide bonds. The van der Waals surface area contributed by atoms with Gasteiger partial charge in [0.05, 0.1) is 19.2 Å². The van der Waals surface area contributed by atoms with E-state index in [0.29, 0.717) is 11.3 Å². The van der Waals surface area contributed by atoms with E-state index < -0.39 is 17.9 Å². The van der Waals surface area contributed by atoms with Crippen molar-refractivity contribution in [2.24, 2.45) is 0 Å². The number of carbonyl (C=O) groups is 3. The number of rotatable bonds is 5. The molecular weight excluding hydrogens is 274 g/mol.